The standard InChI is InChI=1S/C15H28N2O.C10H14O2.C5H12N2/c1-15(7-4-3-5-14(18)6-8-15)13-17-11-9-16(2)10-12-17;1-10-6-3-2-4-8(5-7-10)12-9(10)11;1-7-4-2-6-3-5-7/h3,5,14,18H,4,6-13H2,1-2H3;2,4,8H,3,5-7H2,1H3;6H,2-5H2,1H3/b5-3-;4-2-;/t14-,15+;8-,10+;/m11./s1. The van der Waals surface area contributed by atoms with Crippen molar-refractivity contribution in [2.24, 2.45) is 10.8 Å². The molecule has 212 valence electrons. The summed E-state index contributed by atoms with van der Waals surface area (Å²) in [6, 6.07) is 0. The minimum Gasteiger partial charge on any atom is -0.458 e. The number of likely N-dealkylation sites (N-methyl/N-ethyl adjacent to an activating group) is 2. The van der Waals surface area contributed by atoms with E-state index >= 15 is 0 Å². The number of esters is 1. The van der Waals surface area contributed by atoms with E-state index in [2.05, 4.69) is 53.2 Å². The Kier molecular flexibility index (Phi) is 12.1. The van der Waals surface area contributed by atoms with Crippen LogP contribution in [0.2, 0.25) is 0 Å². The lowest BCUT2D eigenvalue weighted by Gasteiger charge is -2.40. The van der Waals surface area contributed by atoms with Crippen molar-refractivity contribution < 1.29 is 14.6 Å². The smallest absolute Gasteiger partial charge is 0.312 e. The third kappa shape index (κ3) is 10.4. The zero-order valence-electron chi connectivity index (χ0n) is 24.1. The summed E-state index contributed by atoms with van der Waals surface area (Å²) in [5.74, 6) is 0.00287. The minimum atomic E-state index is -0.225. The number of allylic oxidation sites excluding steroid dienone is 2. The van der Waals surface area contributed by atoms with Crippen LogP contribution in [0.1, 0.15) is 65.2 Å². The highest BCUT2D eigenvalue weighted by atomic mass is 16.5. The van der Waals surface area contributed by atoms with E-state index < -0.39 is 0 Å². The van der Waals surface area contributed by atoms with Crippen LogP contribution in [0.15, 0.2) is 24.3 Å². The molecule has 0 saturated carbocycles. The molecule has 0 unspecified atom stereocenters. The number of aliphatic hydroxyl groups excluding tert-OH is 1. The first kappa shape index (κ1) is 30.3. The molecule has 2 aliphatic carbocycles. The molecule has 4 atom stereocenters. The average Bonchev–Trinajstić information content (AvgIpc) is 2.86. The number of rotatable bonds is 2. The van der Waals surface area contributed by atoms with Gasteiger partial charge in [-0.3, -0.25) is 4.79 Å². The van der Waals surface area contributed by atoms with E-state index in [4.69, 9.17) is 4.74 Å². The molecule has 0 radical (unpaired) electrons. The van der Waals surface area contributed by atoms with Gasteiger partial charge in [0, 0.05) is 58.9 Å². The summed E-state index contributed by atoms with van der Waals surface area (Å²) >= 11 is 0. The summed E-state index contributed by atoms with van der Waals surface area (Å²) in [6.45, 7) is 15.1. The molecule has 6 aliphatic rings. The lowest BCUT2D eigenvalue weighted by molar-refractivity contribution is -0.166. The van der Waals surface area contributed by atoms with Crippen LogP contribution in [0.5, 0.6) is 0 Å². The number of ether oxygens (including phenoxy) is 1. The van der Waals surface area contributed by atoms with Crippen LogP contribution in [-0.4, -0.2) is 111 Å². The third-order valence-corrected chi connectivity index (χ3v) is 8.80. The van der Waals surface area contributed by atoms with Crippen LogP contribution in [0.3, 0.4) is 0 Å². The normalized spacial score (nSPS) is 37.3. The van der Waals surface area contributed by atoms with Gasteiger partial charge in [0.15, 0.2) is 0 Å². The maximum absolute atomic E-state index is 11.5. The Labute approximate surface area is 226 Å². The Bertz CT molecular complexity index is 745. The van der Waals surface area contributed by atoms with Crippen LogP contribution in [0.4, 0.5) is 0 Å². The number of nitrogens with zero attached hydrogens (tertiary/aromatic N) is 3. The predicted molar refractivity (Wildman–Crippen MR) is 152 cm³/mol. The van der Waals surface area contributed by atoms with Crippen molar-refractivity contribution in [2.75, 3.05) is 73.0 Å². The number of nitrogens with one attached hydrogen (secondary N) is 1. The first-order chi connectivity index (χ1) is 17.7. The Morgan fingerprint density at radius 2 is 1.54 bits per heavy atom. The lowest BCUT2D eigenvalue weighted by atomic mass is 9.77. The van der Waals surface area contributed by atoms with Gasteiger partial charge in [-0.1, -0.05) is 25.2 Å². The number of piperazine rings is 2. The van der Waals surface area contributed by atoms with Gasteiger partial charge in [-0.05, 0) is 83.9 Å². The number of carbonyl (C=O) groups excluding carboxylic acids is 1. The molecule has 2 bridgehead atoms. The number of fused-ring (bicyclic) bond motifs is 4. The molecule has 7 heteroatoms. The Hall–Kier alpha value is -1.25. The van der Waals surface area contributed by atoms with E-state index in [-0.39, 0.29) is 23.6 Å². The van der Waals surface area contributed by atoms with Crippen molar-refractivity contribution in [2.45, 2.75) is 77.4 Å². The van der Waals surface area contributed by atoms with E-state index in [1.807, 2.05) is 19.1 Å². The molecular formula is C30H54N4O3. The zero-order chi connectivity index (χ0) is 26.7. The van der Waals surface area contributed by atoms with Gasteiger partial charge < -0.3 is 29.9 Å². The molecule has 4 aliphatic heterocycles. The highest BCUT2D eigenvalue weighted by Crippen LogP contribution is 2.38. The first-order valence-electron chi connectivity index (χ1n) is 14.7. The molecule has 2 N–H and O–H groups in total. The third-order valence-electron chi connectivity index (χ3n) is 8.80. The number of carbonyl (C=O) groups is 1. The second-order valence-electron chi connectivity index (χ2n) is 12.5. The average molecular weight is 519 g/mol. The van der Waals surface area contributed by atoms with Crippen molar-refractivity contribution in [3.63, 3.8) is 0 Å². The molecule has 0 aromatic heterocycles. The van der Waals surface area contributed by atoms with Crippen molar-refractivity contribution in [3.8, 4) is 0 Å². The van der Waals surface area contributed by atoms with Crippen molar-refractivity contribution in [1.82, 2.24) is 20.0 Å². The topological polar surface area (TPSA) is 68.3 Å². The lowest BCUT2D eigenvalue weighted by Crippen LogP contribution is -2.48. The minimum absolute atomic E-state index is 0.00287. The molecule has 0 aromatic rings. The van der Waals surface area contributed by atoms with E-state index in [9.17, 15) is 9.90 Å². The second kappa shape index (κ2) is 14.8. The van der Waals surface area contributed by atoms with Crippen molar-refractivity contribution >= 4 is 5.97 Å². The summed E-state index contributed by atoms with van der Waals surface area (Å²) < 4.78 is 5.27. The monoisotopic (exact) mass is 518 g/mol. The Morgan fingerprint density at radius 1 is 0.892 bits per heavy atom. The Balaban J connectivity index is 0.000000171. The maximum atomic E-state index is 11.5. The second-order valence-corrected chi connectivity index (χ2v) is 12.5. The summed E-state index contributed by atoms with van der Waals surface area (Å²) in [5.41, 5.74) is 0.183. The van der Waals surface area contributed by atoms with Gasteiger partial charge >= 0.3 is 5.97 Å². The van der Waals surface area contributed by atoms with E-state index in [0.29, 0.717) is 5.41 Å². The summed E-state index contributed by atoms with van der Waals surface area (Å²) in [6.07, 6.45) is 16.5. The van der Waals surface area contributed by atoms with Gasteiger partial charge in [-0.2, -0.15) is 0 Å². The summed E-state index contributed by atoms with van der Waals surface area (Å²) in [5, 5.41) is 13.1. The molecule has 3 fully saturated rings. The molecular weight excluding hydrogens is 464 g/mol. The fraction of sp³-hybridized carbons (Fsp3) is 0.833. The largest absolute Gasteiger partial charge is 0.458 e. The van der Waals surface area contributed by atoms with Crippen LogP contribution < -0.4 is 5.32 Å². The SMILES string of the molecule is CN1CCN(C[C@@]2(C)CC/C=C\[C@@H](O)CC2)CC1.CN1CCNCC1.C[C@]12CC/C=C\[C@H](CC1)OC2=O. The van der Waals surface area contributed by atoms with Crippen LogP contribution in [0, 0.1) is 10.8 Å². The molecule has 7 nitrogen and oxygen atoms in total. The van der Waals surface area contributed by atoms with Crippen LogP contribution in [0.25, 0.3) is 0 Å². The van der Waals surface area contributed by atoms with Gasteiger partial charge in [-0.15, -0.1) is 0 Å². The highest BCUT2D eigenvalue weighted by Gasteiger charge is 2.40. The van der Waals surface area contributed by atoms with Gasteiger partial charge in [-0.25, -0.2) is 0 Å². The molecule has 3 saturated heterocycles. The maximum Gasteiger partial charge on any atom is 0.312 e. The van der Waals surface area contributed by atoms with Gasteiger partial charge in [0.1, 0.15) is 6.10 Å². The number of aliphatic hydroxyl groups is 1. The predicted octanol–water partition coefficient (Wildman–Crippen LogP) is 3.30. The number of hydrogen-bond donors (Lipinski definition) is 2. The van der Waals surface area contributed by atoms with Crippen molar-refractivity contribution in [1.29, 1.82) is 0 Å². The highest BCUT2D eigenvalue weighted by molar-refractivity contribution is 5.77. The van der Waals surface area contributed by atoms with Crippen molar-refractivity contribution in [3.05, 3.63) is 24.3 Å². The number of hydrogen-bond acceptors (Lipinski definition) is 7. The van der Waals surface area contributed by atoms with E-state index in [1.54, 1.807) is 0 Å². The molecule has 6 rings (SSSR count). The Morgan fingerprint density at radius 3 is 2.19 bits per heavy atom. The fourth-order valence-corrected chi connectivity index (χ4v) is 5.80. The molecule has 0 amide bonds. The zero-order valence-corrected chi connectivity index (χ0v) is 24.1. The molecule has 4 heterocycles. The van der Waals surface area contributed by atoms with Crippen LogP contribution >= 0.6 is 0 Å². The summed E-state index contributed by atoms with van der Waals surface area (Å²) in [4.78, 5) is 18.8. The van der Waals surface area contributed by atoms with Gasteiger partial charge in [0.05, 0.1) is 11.5 Å². The van der Waals surface area contributed by atoms with Gasteiger partial charge in [0.25, 0.3) is 0 Å². The van der Waals surface area contributed by atoms with Crippen LogP contribution in [-0.2, 0) is 9.53 Å². The summed E-state index contributed by atoms with van der Waals surface area (Å²) in [7, 11) is 4.36. The quantitative estimate of drug-likeness (QED) is 0.429. The fourth-order valence-electron chi connectivity index (χ4n) is 5.80. The van der Waals surface area contributed by atoms with E-state index in [1.165, 1.54) is 52.2 Å². The first-order valence-corrected chi connectivity index (χ1v) is 14.7. The molecule has 0 aromatic carbocycles. The van der Waals surface area contributed by atoms with E-state index in [0.717, 1.165) is 58.0 Å². The molecule has 37 heavy (non-hydrogen) atoms. The van der Waals surface area contributed by atoms with Gasteiger partial charge in [0.2, 0.25) is 0 Å². The molecule has 0 spiro atoms.